The van der Waals surface area contributed by atoms with Crippen molar-refractivity contribution in [2.45, 2.75) is 39.7 Å². The lowest BCUT2D eigenvalue weighted by atomic mass is 10.3. The molecule has 0 saturated heterocycles. The van der Waals surface area contributed by atoms with Crippen LogP contribution in [-0.4, -0.2) is 26.0 Å². The average molecular weight is 292 g/mol. The Labute approximate surface area is 123 Å². The van der Waals surface area contributed by atoms with E-state index in [-0.39, 0.29) is 6.04 Å². The summed E-state index contributed by atoms with van der Waals surface area (Å²) in [5.41, 5.74) is 0.657. The van der Waals surface area contributed by atoms with Gasteiger partial charge >= 0.3 is 0 Å². The van der Waals surface area contributed by atoms with Crippen molar-refractivity contribution in [2.75, 3.05) is 5.32 Å². The van der Waals surface area contributed by atoms with Crippen LogP contribution in [-0.2, 0) is 6.42 Å². The van der Waals surface area contributed by atoms with Gasteiger partial charge in [0.15, 0.2) is 5.82 Å². The SMILES string of the molecule is CCCc1nc(NC(C)C)nc(-c2cccc(Cl)n2)n1. The minimum Gasteiger partial charge on any atom is -0.352 e. The van der Waals surface area contributed by atoms with Gasteiger partial charge in [0.05, 0.1) is 0 Å². The maximum absolute atomic E-state index is 5.92. The Hall–Kier alpha value is -1.75. The largest absolute Gasteiger partial charge is 0.352 e. The van der Waals surface area contributed by atoms with Gasteiger partial charge in [-0.15, -0.1) is 0 Å². The Morgan fingerprint density at radius 3 is 2.60 bits per heavy atom. The van der Waals surface area contributed by atoms with Crippen LogP contribution in [0, 0.1) is 0 Å². The first-order valence-corrected chi connectivity index (χ1v) is 7.10. The fourth-order valence-electron chi connectivity index (χ4n) is 1.73. The number of hydrogen-bond donors (Lipinski definition) is 1. The summed E-state index contributed by atoms with van der Waals surface area (Å²) in [4.78, 5) is 17.5. The molecule has 0 saturated carbocycles. The Morgan fingerprint density at radius 2 is 1.95 bits per heavy atom. The first kappa shape index (κ1) is 14.7. The molecule has 0 aliphatic carbocycles. The number of rotatable bonds is 5. The summed E-state index contributed by atoms with van der Waals surface area (Å²) in [6, 6.07) is 5.67. The van der Waals surface area contributed by atoms with Crippen LogP contribution in [0.2, 0.25) is 5.15 Å². The Kier molecular flexibility index (Phi) is 4.84. The second kappa shape index (κ2) is 6.61. The van der Waals surface area contributed by atoms with Crippen molar-refractivity contribution in [2.24, 2.45) is 0 Å². The van der Waals surface area contributed by atoms with Gasteiger partial charge in [-0.05, 0) is 32.4 Å². The normalized spacial score (nSPS) is 10.8. The highest BCUT2D eigenvalue weighted by Crippen LogP contribution is 2.17. The van der Waals surface area contributed by atoms with Gasteiger partial charge in [0.2, 0.25) is 5.95 Å². The van der Waals surface area contributed by atoms with Gasteiger partial charge in [0, 0.05) is 12.5 Å². The van der Waals surface area contributed by atoms with Crippen molar-refractivity contribution >= 4 is 17.5 Å². The molecule has 0 atom stereocenters. The summed E-state index contributed by atoms with van der Waals surface area (Å²) in [6.07, 6.45) is 1.79. The van der Waals surface area contributed by atoms with Gasteiger partial charge in [0.25, 0.3) is 0 Å². The zero-order valence-electron chi connectivity index (χ0n) is 11.9. The van der Waals surface area contributed by atoms with Gasteiger partial charge in [-0.3, -0.25) is 0 Å². The maximum Gasteiger partial charge on any atom is 0.226 e. The van der Waals surface area contributed by atoms with Crippen molar-refractivity contribution in [3.8, 4) is 11.5 Å². The number of anilines is 1. The second-order valence-corrected chi connectivity index (χ2v) is 5.18. The van der Waals surface area contributed by atoms with Gasteiger partial charge < -0.3 is 5.32 Å². The Morgan fingerprint density at radius 1 is 1.15 bits per heavy atom. The van der Waals surface area contributed by atoms with E-state index in [0.29, 0.717) is 22.6 Å². The molecule has 0 bridgehead atoms. The molecule has 20 heavy (non-hydrogen) atoms. The van der Waals surface area contributed by atoms with Gasteiger partial charge in [0.1, 0.15) is 16.7 Å². The molecular formula is C14H18ClN5. The number of hydrogen-bond acceptors (Lipinski definition) is 5. The molecule has 2 rings (SSSR count). The highest BCUT2D eigenvalue weighted by Gasteiger charge is 2.10. The number of pyridine rings is 1. The van der Waals surface area contributed by atoms with E-state index in [0.717, 1.165) is 18.7 Å². The third kappa shape index (κ3) is 3.87. The predicted molar refractivity (Wildman–Crippen MR) is 80.8 cm³/mol. The molecule has 0 aliphatic heterocycles. The minimum atomic E-state index is 0.257. The number of nitrogens with zero attached hydrogens (tertiary/aromatic N) is 4. The summed E-state index contributed by atoms with van der Waals surface area (Å²) < 4.78 is 0. The zero-order valence-corrected chi connectivity index (χ0v) is 12.6. The topological polar surface area (TPSA) is 63.6 Å². The van der Waals surface area contributed by atoms with Gasteiger partial charge in [-0.2, -0.15) is 9.97 Å². The maximum atomic E-state index is 5.92. The molecule has 1 N–H and O–H groups in total. The van der Waals surface area contributed by atoms with Crippen molar-refractivity contribution in [1.29, 1.82) is 0 Å². The lowest BCUT2D eigenvalue weighted by Gasteiger charge is -2.10. The van der Waals surface area contributed by atoms with Gasteiger partial charge in [-0.25, -0.2) is 9.97 Å². The lowest BCUT2D eigenvalue weighted by molar-refractivity contribution is 0.802. The minimum absolute atomic E-state index is 0.257. The van der Waals surface area contributed by atoms with E-state index in [9.17, 15) is 0 Å². The Balaban J connectivity index is 2.43. The molecule has 0 spiro atoms. The van der Waals surface area contributed by atoms with Crippen LogP contribution >= 0.6 is 11.6 Å². The van der Waals surface area contributed by atoms with E-state index in [1.165, 1.54) is 0 Å². The Bertz CT molecular complexity index is 586. The van der Waals surface area contributed by atoms with Crippen molar-refractivity contribution in [3.63, 3.8) is 0 Å². The number of nitrogens with one attached hydrogen (secondary N) is 1. The first-order valence-electron chi connectivity index (χ1n) is 6.73. The standard InChI is InChI=1S/C14H18ClN5/c1-4-6-12-18-13(10-7-5-8-11(15)17-10)20-14(19-12)16-9(2)3/h5,7-9H,4,6H2,1-3H3,(H,16,18,19,20). The van der Waals surface area contributed by atoms with Crippen LogP contribution in [0.1, 0.15) is 33.0 Å². The molecule has 2 aromatic rings. The zero-order chi connectivity index (χ0) is 14.5. The summed E-state index contributed by atoms with van der Waals surface area (Å²) in [5.74, 6) is 1.90. The quantitative estimate of drug-likeness (QED) is 0.856. The molecule has 0 radical (unpaired) electrons. The van der Waals surface area contributed by atoms with E-state index in [1.54, 1.807) is 6.07 Å². The van der Waals surface area contributed by atoms with Crippen molar-refractivity contribution in [1.82, 2.24) is 19.9 Å². The van der Waals surface area contributed by atoms with Crippen LogP contribution in [0.15, 0.2) is 18.2 Å². The summed E-state index contributed by atoms with van der Waals surface area (Å²) in [7, 11) is 0. The summed E-state index contributed by atoms with van der Waals surface area (Å²) >= 11 is 5.92. The van der Waals surface area contributed by atoms with E-state index in [4.69, 9.17) is 11.6 Å². The smallest absolute Gasteiger partial charge is 0.226 e. The molecule has 0 unspecified atom stereocenters. The molecule has 0 fully saturated rings. The predicted octanol–water partition coefficient (Wildman–Crippen LogP) is 3.36. The third-order valence-electron chi connectivity index (χ3n) is 2.52. The molecule has 5 nitrogen and oxygen atoms in total. The highest BCUT2D eigenvalue weighted by atomic mass is 35.5. The van der Waals surface area contributed by atoms with Crippen molar-refractivity contribution in [3.05, 3.63) is 29.2 Å². The van der Waals surface area contributed by atoms with Crippen LogP contribution in [0.5, 0.6) is 0 Å². The molecule has 0 aromatic carbocycles. The van der Waals surface area contributed by atoms with E-state index in [1.807, 2.05) is 26.0 Å². The van der Waals surface area contributed by atoms with E-state index < -0.39 is 0 Å². The van der Waals surface area contributed by atoms with Crippen LogP contribution < -0.4 is 5.32 Å². The van der Waals surface area contributed by atoms with E-state index >= 15 is 0 Å². The monoisotopic (exact) mass is 291 g/mol. The summed E-state index contributed by atoms with van der Waals surface area (Å²) in [6.45, 7) is 6.18. The highest BCUT2D eigenvalue weighted by molar-refractivity contribution is 6.29. The van der Waals surface area contributed by atoms with Gasteiger partial charge in [-0.1, -0.05) is 24.6 Å². The number of halogens is 1. The molecule has 0 amide bonds. The molecule has 0 aliphatic rings. The lowest BCUT2D eigenvalue weighted by Crippen LogP contribution is -2.15. The van der Waals surface area contributed by atoms with E-state index in [2.05, 4.69) is 32.2 Å². The fraction of sp³-hybridized carbons (Fsp3) is 0.429. The first-order chi connectivity index (χ1) is 9.58. The summed E-state index contributed by atoms with van der Waals surface area (Å²) in [5, 5.41) is 3.63. The average Bonchev–Trinajstić information content (AvgIpc) is 2.38. The van der Waals surface area contributed by atoms with Crippen LogP contribution in [0.3, 0.4) is 0 Å². The molecule has 2 aromatic heterocycles. The molecular weight excluding hydrogens is 274 g/mol. The molecule has 106 valence electrons. The van der Waals surface area contributed by atoms with Crippen LogP contribution in [0.25, 0.3) is 11.5 Å². The molecule has 2 heterocycles. The number of aromatic nitrogens is 4. The third-order valence-corrected chi connectivity index (χ3v) is 2.73. The fourth-order valence-corrected chi connectivity index (χ4v) is 1.89. The van der Waals surface area contributed by atoms with Crippen molar-refractivity contribution < 1.29 is 0 Å². The molecule has 6 heteroatoms. The number of aryl methyl sites for hydroxylation is 1. The van der Waals surface area contributed by atoms with Crippen LogP contribution in [0.4, 0.5) is 5.95 Å². The second-order valence-electron chi connectivity index (χ2n) is 4.79.